The van der Waals surface area contributed by atoms with E-state index < -0.39 is 29.7 Å². The molecule has 2 atom stereocenters. The normalized spacial score (nSPS) is 15.4. The molecular formula is C31H39N3O4. The summed E-state index contributed by atoms with van der Waals surface area (Å²) in [4.78, 5) is 41.8. The number of benzene rings is 2. The standard InChI is InChI=1S/C31H39N3O4/c1-6-23-17-13-14-20-25(23)27(28(35)32-24-18-11-8-12-19-24)34(5)29(36)26(21-22-15-9-7-10-16-22)33-30(37)38-31(2,3)4/h1,7,9-10,13-17,20,24,26-27H,8,11-12,18-19,21H2,2-5H3,(H,32,35)(H,33,37). The Balaban J connectivity index is 1.93. The zero-order valence-corrected chi connectivity index (χ0v) is 22.8. The van der Waals surface area contributed by atoms with Crippen molar-refractivity contribution in [3.63, 3.8) is 0 Å². The molecule has 38 heavy (non-hydrogen) atoms. The Bertz CT molecular complexity index is 1140. The molecule has 2 N–H and O–H groups in total. The SMILES string of the molecule is C#Cc1ccccc1C(C(=O)NC1CCCCC1)N(C)C(=O)C(Cc1ccccc1)NC(=O)OC(C)(C)C. The van der Waals surface area contributed by atoms with Crippen molar-refractivity contribution < 1.29 is 19.1 Å². The van der Waals surface area contributed by atoms with Crippen LogP contribution in [0.3, 0.4) is 0 Å². The largest absolute Gasteiger partial charge is 0.444 e. The number of terminal acetylenes is 1. The van der Waals surface area contributed by atoms with Crippen molar-refractivity contribution in [3.8, 4) is 12.3 Å². The highest BCUT2D eigenvalue weighted by Gasteiger charge is 2.36. The van der Waals surface area contributed by atoms with Crippen LogP contribution in [0.15, 0.2) is 54.6 Å². The lowest BCUT2D eigenvalue weighted by Gasteiger charge is -2.33. The number of ether oxygens (including phenoxy) is 1. The number of amides is 3. The van der Waals surface area contributed by atoms with Gasteiger partial charge in [-0.2, -0.15) is 0 Å². The van der Waals surface area contributed by atoms with Crippen LogP contribution in [0.1, 0.15) is 75.6 Å². The molecule has 7 nitrogen and oxygen atoms in total. The van der Waals surface area contributed by atoms with Crippen molar-refractivity contribution in [1.29, 1.82) is 0 Å². The number of likely N-dealkylation sites (N-methyl/N-ethyl adjacent to an activating group) is 1. The molecule has 202 valence electrons. The Morgan fingerprint density at radius 2 is 1.66 bits per heavy atom. The maximum atomic E-state index is 14.0. The van der Waals surface area contributed by atoms with Gasteiger partial charge >= 0.3 is 6.09 Å². The first-order valence-corrected chi connectivity index (χ1v) is 13.2. The Morgan fingerprint density at radius 3 is 2.29 bits per heavy atom. The van der Waals surface area contributed by atoms with E-state index in [2.05, 4.69) is 16.6 Å². The predicted molar refractivity (Wildman–Crippen MR) is 148 cm³/mol. The summed E-state index contributed by atoms with van der Waals surface area (Å²) in [7, 11) is 1.58. The van der Waals surface area contributed by atoms with Gasteiger partial charge in [-0.25, -0.2) is 4.79 Å². The summed E-state index contributed by atoms with van der Waals surface area (Å²) in [6.45, 7) is 5.28. The van der Waals surface area contributed by atoms with E-state index in [9.17, 15) is 14.4 Å². The molecule has 3 amide bonds. The quantitative estimate of drug-likeness (QED) is 0.495. The van der Waals surface area contributed by atoms with Crippen LogP contribution in [0.25, 0.3) is 0 Å². The minimum absolute atomic E-state index is 0.0558. The molecule has 2 unspecified atom stereocenters. The van der Waals surface area contributed by atoms with Gasteiger partial charge in [-0.1, -0.05) is 73.7 Å². The van der Waals surface area contributed by atoms with Gasteiger partial charge in [0, 0.05) is 25.1 Å². The van der Waals surface area contributed by atoms with E-state index >= 15 is 0 Å². The fourth-order valence-corrected chi connectivity index (χ4v) is 4.79. The second-order valence-corrected chi connectivity index (χ2v) is 10.8. The Kier molecular flexibility index (Phi) is 9.95. The molecule has 0 saturated heterocycles. The summed E-state index contributed by atoms with van der Waals surface area (Å²) in [6, 6.07) is 14.7. The van der Waals surface area contributed by atoms with Gasteiger partial charge in [0.05, 0.1) is 0 Å². The third-order valence-electron chi connectivity index (χ3n) is 6.62. The maximum Gasteiger partial charge on any atom is 0.408 e. The van der Waals surface area contributed by atoms with Gasteiger partial charge in [-0.3, -0.25) is 9.59 Å². The first-order chi connectivity index (χ1) is 18.1. The minimum Gasteiger partial charge on any atom is -0.444 e. The molecule has 1 fully saturated rings. The molecule has 3 rings (SSSR count). The molecule has 2 aromatic rings. The van der Waals surface area contributed by atoms with Crippen molar-refractivity contribution >= 4 is 17.9 Å². The van der Waals surface area contributed by atoms with E-state index in [0.717, 1.165) is 37.7 Å². The highest BCUT2D eigenvalue weighted by Crippen LogP contribution is 2.26. The van der Waals surface area contributed by atoms with E-state index in [1.807, 2.05) is 30.3 Å². The van der Waals surface area contributed by atoms with Crippen molar-refractivity contribution in [2.45, 2.75) is 83.0 Å². The molecule has 1 aliphatic rings. The van der Waals surface area contributed by atoms with Crippen LogP contribution in [0.4, 0.5) is 4.79 Å². The lowest BCUT2D eigenvalue weighted by molar-refractivity contribution is -0.141. The molecule has 0 aromatic heterocycles. The molecule has 0 spiro atoms. The molecular weight excluding hydrogens is 478 g/mol. The van der Waals surface area contributed by atoms with Crippen LogP contribution in [0.5, 0.6) is 0 Å². The lowest BCUT2D eigenvalue weighted by atomic mass is 9.93. The average molecular weight is 518 g/mol. The molecule has 7 heteroatoms. The van der Waals surface area contributed by atoms with E-state index in [1.165, 1.54) is 4.90 Å². The highest BCUT2D eigenvalue weighted by atomic mass is 16.6. The highest BCUT2D eigenvalue weighted by molar-refractivity contribution is 5.92. The summed E-state index contributed by atoms with van der Waals surface area (Å²) in [5.74, 6) is 1.94. The summed E-state index contributed by atoms with van der Waals surface area (Å²) < 4.78 is 5.44. The van der Waals surface area contributed by atoms with Crippen LogP contribution in [0, 0.1) is 12.3 Å². The Morgan fingerprint density at radius 1 is 1.03 bits per heavy atom. The fraction of sp³-hybridized carbons (Fsp3) is 0.452. The molecule has 0 heterocycles. The fourth-order valence-electron chi connectivity index (χ4n) is 4.79. The number of hydrogen-bond donors (Lipinski definition) is 2. The van der Waals surface area contributed by atoms with Crippen LogP contribution in [-0.2, 0) is 20.7 Å². The monoisotopic (exact) mass is 517 g/mol. The van der Waals surface area contributed by atoms with Crippen LogP contribution < -0.4 is 10.6 Å². The summed E-state index contributed by atoms with van der Waals surface area (Å²) in [6.07, 6.45) is 10.4. The summed E-state index contributed by atoms with van der Waals surface area (Å²) >= 11 is 0. The smallest absolute Gasteiger partial charge is 0.408 e. The van der Waals surface area contributed by atoms with Gasteiger partial charge in [0.25, 0.3) is 0 Å². The topological polar surface area (TPSA) is 87.7 Å². The van der Waals surface area contributed by atoms with Crippen LogP contribution in [-0.4, -0.2) is 47.5 Å². The Labute approximate surface area is 226 Å². The molecule has 1 aliphatic carbocycles. The van der Waals surface area contributed by atoms with Crippen molar-refractivity contribution in [1.82, 2.24) is 15.5 Å². The number of hydrogen-bond acceptors (Lipinski definition) is 4. The van der Waals surface area contributed by atoms with Crippen molar-refractivity contribution in [3.05, 3.63) is 71.3 Å². The van der Waals surface area contributed by atoms with E-state index in [-0.39, 0.29) is 18.4 Å². The van der Waals surface area contributed by atoms with E-state index in [0.29, 0.717) is 11.1 Å². The lowest BCUT2D eigenvalue weighted by Crippen LogP contribution is -2.53. The maximum absolute atomic E-state index is 14.0. The zero-order chi connectivity index (χ0) is 27.7. The summed E-state index contributed by atoms with van der Waals surface area (Å²) in [5, 5.41) is 5.89. The third kappa shape index (κ3) is 8.11. The molecule has 2 aromatic carbocycles. The van der Waals surface area contributed by atoms with Gasteiger partial charge in [0.2, 0.25) is 11.8 Å². The van der Waals surface area contributed by atoms with Gasteiger partial charge < -0.3 is 20.3 Å². The Hall–Kier alpha value is -3.79. The first-order valence-electron chi connectivity index (χ1n) is 13.2. The van der Waals surface area contributed by atoms with Gasteiger partial charge in [-0.05, 0) is 50.8 Å². The molecule has 0 bridgehead atoms. The number of carbonyl (C=O) groups is 3. The third-order valence-corrected chi connectivity index (χ3v) is 6.62. The number of carbonyl (C=O) groups excluding carboxylic acids is 3. The second-order valence-electron chi connectivity index (χ2n) is 10.8. The van der Waals surface area contributed by atoms with E-state index in [1.54, 1.807) is 52.1 Å². The predicted octanol–water partition coefficient (Wildman–Crippen LogP) is 4.75. The van der Waals surface area contributed by atoms with E-state index in [4.69, 9.17) is 11.2 Å². The number of alkyl carbamates (subject to hydrolysis) is 1. The number of rotatable bonds is 8. The molecule has 0 aliphatic heterocycles. The van der Waals surface area contributed by atoms with Crippen molar-refractivity contribution in [2.75, 3.05) is 7.05 Å². The summed E-state index contributed by atoms with van der Waals surface area (Å²) in [5.41, 5.74) is 1.23. The van der Waals surface area contributed by atoms with Crippen molar-refractivity contribution in [2.24, 2.45) is 0 Å². The van der Waals surface area contributed by atoms with Crippen LogP contribution >= 0.6 is 0 Å². The van der Waals surface area contributed by atoms with Crippen LogP contribution in [0.2, 0.25) is 0 Å². The number of nitrogens with zero attached hydrogens (tertiary/aromatic N) is 1. The van der Waals surface area contributed by atoms with Gasteiger partial charge in [0.1, 0.15) is 17.7 Å². The van der Waals surface area contributed by atoms with Gasteiger partial charge in [-0.15, -0.1) is 6.42 Å². The first kappa shape index (κ1) is 28.8. The average Bonchev–Trinajstić information content (AvgIpc) is 2.88. The second kappa shape index (κ2) is 13.1. The zero-order valence-electron chi connectivity index (χ0n) is 22.8. The molecule has 0 radical (unpaired) electrons. The molecule has 1 saturated carbocycles. The van der Waals surface area contributed by atoms with Gasteiger partial charge in [0.15, 0.2) is 0 Å². The minimum atomic E-state index is -0.963. The number of nitrogens with one attached hydrogen (secondary N) is 2.